The Labute approximate surface area is 120 Å². The zero-order chi connectivity index (χ0) is 13.2. The number of nitrogens with zero attached hydrogens (tertiary/aromatic N) is 1. The minimum Gasteiger partial charge on any atom is -0.389 e. The lowest BCUT2D eigenvalue weighted by Gasteiger charge is -2.03. The molecular formula is C14H15FN2S2. The monoisotopic (exact) mass is 294 g/mol. The van der Waals surface area contributed by atoms with E-state index in [1.54, 1.807) is 12.1 Å². The molecule has 2 N–H and O–H groups in total. The molecule has 0 atom stereocenters. The van der Waals surface area contributed by atoms with Crippen LogP contribution in [0.2, 0.25) is 0 Å². The molecule has 0 bridgehead atoms. The van der Waals surface area contributed by atoms with Crippen LogP contribution in [0.1, 0.15) is 25.7 Å². The van der Waals surface area contributed by atoms with Crippen LogP contribution in [0.3, 0.4) is 0 Å². The van der Waals surface area contributed by atoms with Gasteiger partial charge < -0.3 is 5.73 Å². The van der Waals surface area contributed by atoms with Gasteiger partial charge in [0.25, 0.3) is 0 Å². The number of anilines is 1. The van der Waals surface area contributed by atoms with Gasteiger partial charge in [-0.25, -0.2) is 9.37 Å². The number of hydrogen-bond acceptors (Lipinski definition) is 4. The molecule has 1 aromatic carbocycles. The molecular weight excluding hydrogens is 279 g/mol. The molecule has 1 aliphatic rings. The molecule has 1 aromatic heterocycles. The van der Waals surface area contributed by atoms with Gasteiger partial charge in [0.2, 0.25) is 0 Å². The van der Waals surface area contributed by atoms with Gasteiger partial charge in [0.05, 0.1) is 0 Å². The number of thiazole rings is 1. The van der Waals surface area contributed by atoms with E-state index in [2.05, 4.69) is 4.98 Å². The van der Waals surface area contributed by atoms with Crippen LogP contribution in [0.4, 0.5) is 9.39 Å². The molecule has 0 unspecified atom stereocenters. The van der Waals surface area contributed by atoms with Crippen molar-refractivity contribution >= 4 is 28.1 Å². The summed E-state index contributed by atoms with van der Waals surface area (Å²) >= 11 is 3.37. The number of aromatic nitrogens is 1. The standard InChI is InChI=1S/C14H15FN2S2/c15-10-7-5-9(6-8-10)12-13(16)19-14(17-12)18-11-3-1-2-4-11/h5-8,11H,1-4,16H2. The van der Waals surface area contributed by atoms with E-state index < -0.39 is 0 Å². The highest BCUT2D eigenvalue weighted by Gasteiger charge is 2.19. The van der Waals surface area contributed by atoms with E-state index in [0.29, 0.717) is 10.3 Å². The Kier molecular flexibility index (Phi) is 3.75. The van der Waals surface area contributed by atoms with Crippen molar-refractivity contribution in [1.29, 1.82) is 0 Å². The zero-order valence-electron chi connectivity index (χ0n) is 10.4. The van der Waals surface area contributed by atoms with Crippen LogP contribution in [0, 0.1) is 5.82 Å². The third kappa shape index (κ3) is 2.92. The second-order valence-corrected chi connectivity index (χ2v) is 7.30. The van der Waals surface area contributed by atoms with E-state index in [-0.39, 0.29) is 5.82 Å². The smallest absolute Gasteiger partial charge is 0.152 e. The summed E-state index contributed by atoms with van der Waals surface area (Å²) in [5.74, 6) is -0.238. The maximum Gasteiger partial charge on any atom is 0.152 e. The number of nitrogens with two attached hydrogens (primary N) is 1. The van der Waals surface area contributed by atoms with Gasteiger partial charge in [-0.1, -0.05) is 35.9 Å². The van der Waals surface area contributed by atoms with Crippen molar-refractivity contribution in [3.05, 3.63) is 30.1 Å². The van der Waals surface area contributed by atoms with Crippen LogP contribution in [0.5, 0.6) is 0 Å². The van der Waals surface area contributed by atoms with Crippen molar-refractivity contribution in [3.63, 3.8) is 0 Å². The highest BCUT2D eigenvalue weighted by Crippen LogP contribution is 2.40. The Morgan fingerprint density at radius 2 is 1.89 bits per heavy atom. The molecule has 0 aliphatic heterocycles. The Morgan fingerprint density at radius 1 is 1.21 bits per heavy atom. The summed E-state index contributed by atoms with van der Waals surface area (Å²) in [6.45, 7) is 0. The van der Waals surface area contributed by atoms with Crippen molar-refractivity contribution in [1.82, 2.24) is 4.98 Å². The molecule has 0 radical (unpaired) electrons. The molecule has 2 aromatic rings. The quantitative estimate of drug-likeness (QED) is 0.901. The first-order chi connectivity index (χ1) is 9.22. The van der Waals surface area contributed by atoms with Crippen molar-refractivity contribution in [3.8, 4) is 11.3 Å². The van der Waals surface area contributed by atoms with E-state index in [9.17, 15) is 4.39 Å². The fraction of sp³-hybridized carbons (Fsp3) is 0.357. The lowest BCUT2D eigenvalue weighted by Crippen LogP contribution is -1.92. The average Bonchev–Trinajstić information content (AvgIpc) is 3.01. The summed E-state index contributed by atoms with van der Waals surface area (Å²) < 4.78 is 14.0. The Hall–Kier alpha value is -1.07. The van der Waals surface area contributed by atoms with Crippen molar-refractivity contribution in [2.24, 2.45) is 0 Å². The van der Waals surface area contributed by atoms with Crippen molar-refractivity contribution in [2.75, 3.05) is 5.73 Å². The van der Waals surface area contributed by atoms with Crippen molar-refractivity contribution < 1.29 is 4.39 Å². The predicted octanol–water partition coefficient (Wildman–Crippen LogP) is 4.57. The molecule has 0 saturated heterocycles. The molecule has 1 aliphatic carbocycles. The highest BCUT2D eigenvalue weighted by atomic mass is 32.2. The number of halogens is 1. The van der Waals surface area contributed by atoms with Gasteiger partial charge in [0.1, 0.15) is 16.5 Å². The van der Waals surface area contributed by atoms with Crippen LogP contribution in [0.25, 0.3) is 11.3 Å². The van der Waals surface area contributed by atoms with Crippen LogP contribution in [-0.4, -0.2) is 10.2 Å². The maximum absolute atomic E-state index is 12.9. The summed E-state index contributed by atoms with van der Waals surface area (Å²) in [6.07, 6.45) is 5.19. The van der Waals surface area contributed by atoms with E-state index in [1.807, 2.05) is 11.8 Å². The number of benzene rings is 1. The topological polar surface area (TPSA) is 38.9 Å². The van der Waals surface area contributed by atoms with Gasteiger partial charge in [-0.3, -0.25) is 0 Å². The maximum atomic E-state index is 12.9. The average molecular weight is 294 g/mol. The van der Waals surface area contributed by atoms with Gasteiger partial charge in [0.15, 0.2) is 4.34 Å². The first kappa shape index (κ1) is 12.9. The van der Waals surface area contributed by atoms with Gasteiger partial charge in [0, 0.05) is 10.8 Å². The molecule has 3 rings (SSSR count). The largest absolute Gasteiger partial charge is 0.389 e. The van der Waals surface area contributed by atoms with E-state index in [1.165, 1.54) is 49.2 Å². The number of hydrogen-bond donors (Lipinski definition) is 1. The molecule has 19 heavy (non-hydrogen) atoms. The second kappa shape index (κ2) is 5.51. The third-order valence-electron chi connectivity index (χ3n) is 3.32. The number of thioether (sulfide) groups is 1. The van der Waals surface area contributed by atoms with Gasteiger partial charge in [-0.2, -0.15) is 0 Å². The molecule has 5 heteroatoms. The number of nitrogen functional groups attached to an aromatic ring is 1. The summed E-state index contributed by atoms with van der Waals surface area (Å²) in [4.78, 5) is 4.61. The van der Waals surface area contributed by atoms with Crippen LogP contribution in [-0.2, 0) is 0 Å². The van der Waals surface area contributed by atoms with Crippen LogP contribution < -0.4 is 5.73 Å². The fourth-order valence-corrected chi connectivity index (χ4v) is 4.78. The SMILES string of the molecule is Nc1sc(SC2CCCC2)nc1-c1ccc(F)cc1. The summed E-state index contributed by atoms with van der Waals surface area (Å²) in [5, 5.41) is 1.40. The Bertz CT molecular complexity index is 559. The molecule has 1 saturated carbocycles. The highest BCUT2D eigenvalue weighted by molar-refractivity contribution is 8.01. The Balaban J connectivity index is 1.82. The number of rotatable bonds is 3. The molecule has 1 fully saturated rings. The fourth-order valence-electron chi connectivity index (χ4n) is 2.33. The first-order valence-electron chi connectivity index (χ1n) is 6.41. The molecule has 100 valence electrons. The van der Waals surface area contributed by atoms with E-state index >= 15 is 0 Å². The van der Waals surface area contributed by atoms with Crippen molar-refractivity contribution in [2.45, 2.75) is 35.3 Å². The van der Waals surface area contributed by atoms with Gasteiger partial charge in [-0.05, 0) is 37.1 Å². The Morgan fingerprint density at radius 3 is 2.58 bits per heavy atom. The second-order valence-electron chi connectivity index (χ2n) is 4.72. The van der Waals surface area contributed by atoms with Crippen LogP contribution >= 0.6 is 23.1 Å². The minimum absolute atomic E-state index is 0.238. The lowest BCUT2D eigenvalue weighted by molar-refractivity contribution is 0.628. The minimum atomic E-state index is -0.238. The van der Waals surface area contributed by atoms with Crippen LogP contribution in [0.15, 0.2) is 28.6 Å². The zero-order valence-corrected chi connectivity index (χ0v) is 12.1. The molecule has 1 heterocycles. The van der Waals surface area contributed by atoms with Gasteiger partial charge >= 0.3 is 0 Å². The van der Waals surface area contributed by atoms with E-state index in [0.717, 1.165) is 15.6 Å². The summed E-state index contributed by atoms with van der Waals surface area (Å²) in [5.41, 5.74) is 7.70. The van der Waals surface area contributed by atoms with Gasteiger partial charge in [-0.15, -0.1) is 0 Å². The molecule has 2 nitrogen and oxygen atoms in total. The predicted molar refractivity (Wildman–Crippen MR) is 80.0 cm³/mol. The molecule has 0 spiro atoms. The first-order valence-corrected chi connectivity index (χ1v) is 8.11. The lowest BCUT2D eigenvalue weighted by atomic mass is 10.2. The summed E-state index contributed by atoms with van der Waals surface area (Å²) in [7, 11) is 0. The third-order valence-corrected chi connectivity index (χ3v) is 5.64. The normalized spacial score (nSPS) is 16.1. The van der Waals surface area contributed by atoms with E-state index in [4.69, 9.17) is 5.73 Å². The summed E-state index contributed by atoms with van der Waals surface area (Å²) in [6, 6.07) is 6.34. The molecule has 0 amide bonds.